The first-order chi connectivity index (χ1) is 18.2. The summed E-state index contributed by atoms with van der Waals surface area (Å²) >= 11 is 2.53. The second-order valence-electron chi connectivity index (χ2n) is 9.74. The van der Waals surface area contributed by atoms with E-state index in [0.717, 1.165) is 36.0 Å². The van der Waals surface area contributed by atoms with Crippen molar-refractivity contribution in [2.75, 3.05) is 13.2 Å². The van der Waals surface area contributed by atoms with Crippen LogP contribution in [0, 0.1) is 0 Å². The molecule has 0 aromatic heterocycles. The van der Waals surface area contributed by atoms with Crippen LogP contribution in [0.2, 0.25) is 0 Å². The van der Waals surface area contributed by atoms with Gasteiger partial charge in [0.1, 0.15) is 21.7 Å². The lowest BCUT2D eigenvalue weighted by atomic mass is 9.87. The van der Waals surface area contributed by atoms with Crippen molar-refractivity contribution in [1.82, 2.24) is 0 Å². The number of alkyl halides is 1. The Morgan fingerprint density at radius 2 is 1.30 bits per heavy atom. The molecule has 3 aromatic carbocycles. The molecule has 2 saturated heterocycles. The molecule has 5 atom stereocenters. The molecule has 0 spiro atoms. The molecule has 2 heterocycles. The monoisotopic (exact) mass is 614 g/mol. The maximum Gasteiger partial charge on any atom is 0.175 e. The quantitative estimate of drug-likeness (QED) is 0.194. The number of hydrogen-bond donors (Lipinski definition) is 0. The molecule has 0 aliphatic carbocycles. The van der Waals surface area contributed by atoms with Crippen molar-refractivity contribution in [3.05, 3.63) is 108 Å². The SMILES string of the molecule is I[C@@]12CCCCO[C@@H]1O[C@H](COCc1ccccc1)[C@@H](OCc1ccccc1)[C@@H]2OCc1ccccc1. The first-order valence-corrected chi connectivity index (χ1v) is 14.2. The Morgan fingerprint density at radius 1 is 0.730 bits per heavy atom. The van der Waals surface area contributed by atoms with E-state index in [1.54, 1.807) is 0 Å². The van der Waals surface area contributed by atoms with E-state index < -0.39 is 0 Å². The van der Waals surface area contributed by atoms with Crippen molar-refractivity contribution < 1.29 is 23.7 Å². The molecule has 0 saturated carbocycles. The van der Waals surface area contributed by atoms with Gasteiger partial charge in [-0.05, 0) is 36.0 Å². The molecular formula is C31H35IO5. The Bertz CT molecular complexity index is 1070. The Labute approximate surface area is 233 Å². The molecule has 2 aliphatic heterocycles. The third kappa shape index (κ3) is 6.99. The second-order valence-corrected chi connectivity index (χ2v) is 11.7. The minimum atomic E-state index is -0.377. The van der Waals surface area contributed by atoms with Crippen molar-refractivity contribution in [1.29, 1.82) is 0 Å². The van der Waals surface area contributed by atoms with Crippen LogP contribution >= 0.6 is 22.6 Å². The van der Waals surface area contributed by atoms with Crippen LogP contribution in [0.1, 0.15) is 36.0 Å². The molecule has 0 N–H and O–H groups in total. The van der Waals surface area contributed by atoms with E-state index in [4.69, 9.17) is 23.7 Å². The number of halogens is 1. The lowest BCUT2D eigenvalue weighted by molar-refractivity contribution is -0.288. The van der Waals surface area contributed by atoms with Crippen molar-refractivity contribution in [2.24, 2.45) is 0 Å². The normalized spacial score (nSPS) is 27.8. The highest BCUT2D eigenvalue weighted by atomic mass is 127. The molecule has 0 amide bonds. The highest BCUT2D eigenvalue weighted by molar-refractivity contribution is 14.1. The second kappa shape index (κ2) is 13.3. The van der Waals surface area contributed by atoms with Crippen molar-refractivity contribution in [3.63, 3.8) is 0 Å². The van der Waals surface area contributed by atoms with Crippen LogP contribution in [0.25, 0.3) is 0 Å². The summed E-state index contributed by atoms with van der Waals surface area (Å²) in [6.45, 7) is 2.59. The minimum Gasteiger partial charge on any atom is -0.374 e. The third-order valence-electron chi connectivity index (χ3n) is 7.00. The highest BCUT2D eigenvalue weighted by Crippen LogP contribution is 2.46. The van der Waals surface area contributed by atoms with Crippen molar-refractivity contribution in [3.8, 4) is 0 Å². The van der Waals surface area contributed by atoms with Crippen LogP contribution in [0.5, 0.6) is 0 Å². The topological polar surface area (TPSA) is 46.2 Å². The molecule has 6 heteroatoms. The number of fused-ring (bicyclic) bond motifs is 1. The van der Waals surface area contributed by atoms with Gasteiger partial charge in [0.25, 0.3) is 0 Å². The average Bonchev–Trinajstić information content (AvgIpc) is 3.14. The molecule has 5 rings (SSSR count). The summed E-state index contributed by atoms with van der Waals surface area (Å²) < 4.78 is 32.1. The Hall–Kier alpha value is -1.81. The van der Waals surface area contributed by atoms with Crippen LogP contribution in [0.15, 0.2) is 91.0 Å². The molecular weight excluding hydrogens is 579 g/mol. The maximum atomic E-state index is 6.74. The van der Waals surface area contributed by atoms with Gasteiger partial charge in [-0.3, -0.25) is 0 Å². The summed E-state index contributed by atoms with van der Waals surface area (Å²) in [5, 5.41) is 0. The minimum absolute atomic E-state index is 0.223. The Balaban J connectivity index is 1.38. The fraction of sp³-hybridized carbons (Fsp3) is 0.419. The predicted molar refractivity (Wildman–Crippen MR) is 151 cm³/mol. The fourth-order valence-corrected chi connectivity index (χ4v) is 6.28. The molecule has 0 bridgehead atoms. The van der Waals surface area contributed by atoms with Gasteiger partial charge < -0.3 is 23.7 Å². The van der Waals surface area contributed by atoms with E-state index in [2.05, 4.69) is 59.0 Å². The molecule has 0 unspecified atom stereocenters. The van der Waals surface area contributed by atoms with Gasteiger partial charge >= 0.3 is 0 Å². The van der Waals surface area contributed by atoms with Crippen LogP contribution in [-0.2, 0) is 43.5 Å². The zero-order chi connectivity index (χ0) is 25.3. The van der Waals surface area contributed by atoms with Crippen molar-refractivity contribution in [2.45, 2.75) is 67.1 Å². The van der Waals surface area contributed by atoms with Crippen LogP contribution in [0.3, 0.4) is 0 Å². The third-order valence-corrected chi connectivity index (χ3v) is 8.66. The standard InChI is InChI=1S/C31H35IO5/c32-31-18-10-11-19-34-30(31)37-27(23-33-20-24-12-4-1-5-13-24)28(35-21-25-14-6-2-7-15-25)29(31)36-22-26-16-8-3-9-17-26/h1-9,12-17,27-30H,10-11,18-23H2/t27-,28-,29+,30-,31-/m1/s1. The first-order valence-electron chi connectivity index (χ1n) is 13.1. The summed E-state index contributed by atoms with van der Waals surface area (Å²) in [6.07, 6.45) is 1.79. The lowest BCUT2D eigenvalue weighted by Crippen LogP contribution is -2.65. The van der Waals surface area contributed by atoms with E-state index in [0.29, 0.717) is 33.0 Å². The first kappa shape index (κ1) is 26.8. The van der Waals surface area contributed by atoms with Crippen LogP contribution in [-0.4, -0.2) is 41.2 Å². The van der Waals surface area contributed by atoms with E-state index in [1.165, 1.54) is 0 Å². The summed E-state index contributed by atoms with van der Waals surface area (Å²) in [4.78, 5) is 0. The van der Waals surface area contributed by atoms with Crippen LogP contribution in [0.4, 0.5) is 0 Å². The largest absolute Gasteiger partial charge is 0.374 e. The Kier molecular flexibility index (Phi) is 9.64. The van der Waals surface area contributed by atoms with Gasteiger partial charge in [-0.25, -0.2) is 0 Å². The molecule has 2 aliphatic rings. The van der Waals surface area contributed by atoms with E-state index in [1.807, 2.05) is 54.6 Å². The molecule has 5 nitrogen and oxygen atoms in total. The van der Waals surface area contributed by atoms with E-state index in [-0.39, 0.29) is 28.0 Å². The number of rotatable bonds is 10. The average molecular weight is 615 g/mol. The van der Waals surface area contributed by atoms with Gasteiger partial charge in [0.05, 0.1) is 26.4 Å². The number of benzene rings is 3. The van der Waals surface area contributed by atoms with E-state index in [9.17, 15) is 0 Å². The van der Waals surface area contributed by atoms with Gasteiger partial charge in [0.15, 0.2) is 6.29 Å². The number of hydrogen-bond acceptors (Lipinski definition) is 5. The molecule has 3 aromatic rings. The van der Waals surface area contributed by atoms with Gasteiger partial charge in [0.2, 0.25) is 0 Å². The summed E-state index contributed by atoms with van der Waals surface area (Å²) in [5.41, 5.74) is 3.39. The van der Waals surface area contributed by atoms with Gasteiger partial charge in [-0.1, -0.05) is 114 Å². The highest BCUT2D eigenvalue weighted by Gasteiger charge is 2.57. The predicted octanol–water partition coefficient (Wildman–Crippen LogP) is 6.47. The fourth-order valence-electron chi connectivity index (χ4n) is 5.03. The molecule has 0 radical (unpaired) electrons. The summed E-state index contributed by atoms with van der Waals surface area (Å²) in [6, 6.07) is 30.8. The van der Waals surface area contributed by atoms with Crippen molar-refractivity contribution >= 4 is 22.6 Å². The molecule has 196 valence electrons. The van der Waals surface area contributed by atoms with Gasteiger partial charge in [0, 0.05) is 6.61 Å². The number of ether oxygens (including phenoxy) is 5. The van der Waals surface area contributed by atoms with Crippen LogP contribution < -0.4 is 0 Å². The van der Waals surface area contributed by atoms with Gasteiger partial charge in [-0.2, -0.15) is 0 Å². The zero-order valence-corrected chi connectivity index (χ0v) is 23.2. The molecule has 2 fully saturated rings. The summed E-state index contributed by atoms with van der Waals surface area (Å²) in [5.74, 6) is 0. The molecule has 37 heavy (non-hydrogen) atoms. The zero-order valence-electron chi connectivity index (χ0n) is 21.0. The van der Waals surface area contributed by atoms with E-state index >= 15 is 0 Å². The van der Waals surface area contributed by atoms with Gasteiger partial charge in [-0.15, -0.1) is 0 Å². The Morgan fingerprint density at radius 3 is 1.92 bits per heavy atom. The lowest BCUT2D eigenvalue weighted by Gasteiger charge is -2.50. The smallest absolute Gasteiger partial charge is 0.175 e. The maximum absolute atomic E-state index is 6.74. The summed E-state index contributed by atoms with van der Waals surface area (Å²) in [7, 11) is 0.